The second-order valence-electron chi connectivity index (χ2n) is 7.61. The van der Waals surface area contributed by atoms with Crippen LogP contribution < -0.4 is 5.32 Å². The van der Waals surface area contributed by atoms with E-state index in [1.807, 2.05) is 41.3 Å². The summed E-state index contributed by atoms with van der Waals surface area (Å²) in [7, 11) is 0. The molecule has 29 heavy (non-hydrogen) atoms. The molecule has 1 saturated heterocycles. The molecule has 2 heterocycles. The van der Waals surface area contributed by atoms with Crippen molar-refractivity contribution in [3.05, 3.63) is 64.9 Å². The van der Waals surface area contributed by atoms with Crippen LogP contribution in [0.3, 0.4) is 0 Å². The number of nitrogens with one attached hydrogen (secondary N) is 1. The van der Waals surface area contributed by atoms with E-state index in [1.54, 1.807) is 12.4 Å². The summed E-state index contributed by atoms with van der Waals surface area (Å²) in [4.78, 5) is 30.7. The van der Waals surface area contributed by atoms with Crippen molar-refractivity contribution in [2.75, 3.05) is 13.1 Å². The fraction of sp³-hybridized carbons (Fsp3) is 0.435. The van der Waals surface area contributed by atoms with E-state index in [-0.39, 0.29) is 11.8 Å². The van der Waals surface area contributed by atoms with Crippen molar-refractivity contribution in [2.45, 2.75) is 45.1 Å². The van der Waals surface area contributed by atoms with Crippen LogP contribution in [-0.4, -0.2) is 34.8 Å². The summed E-state index contributed by atoms with van der Waals surface area (Å²) >= 11 is 6.13. The van der Waals surface area contributed by atoms with Crippen molar-refractivity contribution >= 4 is 23.4 Å². The Morgan fingerprint density at radius 2 is 1.93 bits per heavy atom. The van der Waals surface area contributed by atoms with Crippen LogP contribution in [0.25, 0.3) is 0 Å². The fourth-order valence-electron chi connectivity index (χ4n) is 3.75. The summed E-state index contributed by atoms with van der Waals surface area (Å²) in [6, 6.07) is 11.4. The van der Waals surface area contributed by atoms with Crippen molar-refractivity contribution in [1.29, 1.82) is 0 Å². The molecule has 2 amide bonds. The van der Waals surface area contributed by atoms with Crippen LogP contribution in [0.2, 0.25) is 5.02 Å². The van der Waals surface area contributed by atoms with Crippen LogP contribution >= 0.6 is 11.6 Å². The number of benzene rings is 1. The minimum absolute atomic E-state index is 0.0334. The van der Waals surface area contributed by atoms with E-state index < -0.39 is 0 Å². The third-order valence-electron chi connectivity index (χ3n) is 5.46. The van der Waals surface area contributed by atoms with Gasteiger partial charge in [0.15, 0.2) is 0 Å². The zero-order valence-electron chi connectivity index (χ0n) is 16.6. The number of aryl methyl sites for hydroxylation is 1. The number of piperidine rings is 1. The van der Waals surface area contributed by atoms with Gasteiger partial charge < -0.3 is 10.2 Å². The molecule has 1 aromatic heterocycles. The molecule has 1 aliphatic heterocycles. The first kappa shape index (κ1) is 21.3. The van der Waals surface area contributed by atoms with Gasteiger partial charge in [0.25, 0.3) is 0 Å². The summed E-state index contributed by atoms with van der Waals surface area (Å²) in [5, 5.41) is 3.61. The van der Waals surface area contributed by atoms with Gasteiger partial charge >= 0.3 is 0 Å². The first-order valence-electron chi connectivity index (χ1n) is 10.3. The van der Waals surface area contributed by atoms with E-state index in [4.69, 9.17) is 11.6 Å². The molecule has 1 unspecified atom stereocenters. The average Bonchev–Trinajstić information content (AvgIpc) is 2.76. The molecular weight excluding hydrogens is 386 g/mol. The highest BCUT2D eigenvalue weighted by Gasteiger charge is 2.23. The van der Waals surface area contributed by atoms with Crippen molar-refractivity contribution in [1.82, 2.24) is 15.2 Å². The molecule has 2 aromatic rings. The maximum atomic E-state index is 12.6. The molecule has 5 nitrogen and oxygen atoms in total. The Balaban J connectivity index is 1.38. The number of amides is 2. The third-order valence-corrected chi connectivity index (χ3v) is 5.83. The molecular formula is C23H28ClN3O2. The van der Waals surface area contributed by atoms with Gasteiger partial charge in [-0.1, -0.05) is 29.8 Å². The Morgan fingerprint density at radius 3 is 2.72 bits per heavy atom. The monoisotopic (exact) mass is 413 g/mol. The molecule has 0 aliphatic carbocycles. The van der Waals surface area contributed by atoms with Gasteiger partial charge in [-0.3, -0.25) is 14.6 Å². The molecule has 154 valence electrons. The number of pyridine rings is 1. The van der Waals surface area contributed by atoms with Gasteiger partial charge in [0, 0.05) is 49.9 Å². The third kappa shape index (κ3) is 6.86. The van der Waals surface area contributed by atoms with Gasteiger partial charge in [0.2, 0.25) is 11.8 Å². The quantitative estimate of drug-likeness (QED) is 0.711. The van der Waals surface area contributed by atoms with Gasteiger partial charge in [-0.25, -0.2) is 0 Å². The number of carbonyl (C=O) groups is 2. The highest BCUT2D eigenvalue weighted by molar-refractivity contribution is 6.31. The van der Waals surface area contributed by atoms with E-state index in [0.29, 0.717) is 30.3 Å². The zero-order valence-corrected chi connectivity index (χ0v) is 17.4. The van der Waals surface area contributed by atoms with Crippen LogP contribution in [0.15, 0.2) is 48.8 Å². The lowest BCUT2D eigenvalue weighted by molar-refractivity contribution is -0.133. The lowest BCUT2D eigenvalue weighted by Crippen LogP contribution is -2.40. The van der Waals surface area contributed by atoms with Crippen molar-refractivity contribution in [2.24, 2.45) is 5.92 Å². The molecule has 0 spiro atoms. The van der Waals surface area contributed by atoms with Crippen molar-refractivity contribution < 1.29 is 9.59 Å². The maximum Gasteiger partial charge on any atom is 0.222 e. The smallest absolute Gasteiger partial charge is 0.222 e. The highest BCUT2D eigenvalue weighted by Crippen LogP contribution is 2.22. The summed E-state index contributed by atoms with van der Waals surface area (Å²) in [5.41, 5.74) is 2.06. The van der Waals surface area contributed by atoms with Gasteiger partial charge in [0.1, 0.15) is 0 Å². The van der Waals surface area contributed by atoms with Gasteiger partial charge in [-0.05, 0) is 60.9 Å². The van der Waals surface area contributed by atoms with Crippen LogP contribution in [0, 0.1) is 5.92 Å². The normalized spacial score (nSPS) is 16.4. The predicted molar refractivity (Wildman–Crippen MR) is 114 cm³/mol. The summed E-state index contributed by atoms with van der Waals surface area (Å²) in [6.45, 7) is 2.03. The number of halogens is 1. The number of aromatic nitrogens is 1. The van der Waals surface area contributed by atoms with E-state index >= 15 is 0 Å². The van der Waals surface area contributed by atoms with Gasteiger partial charge in [-0.15, -0.1) is 0 Å². The van der Waals surface area contributed by atoms with Crippen LogP contribution in [0.1, 0.15) is 43.2 Å². The largest absolute Gasteiger partial charge is 0.352 e. The maximum absolute atomic E-state index is 12.6. The minimum Gasteiger partial charge on any atom is -0.352 e. The minimum atomic E-state index is 0.0334. The van der Waals surface area contributed by atoms with Crippen LogP contribution in [0.5, 0.6) is 0 Å². The lowest BCUT2D eigenvalue weighted by Gasteiger charge is -2.33. The van der Waals surface area contributed by atoms with E-state index in [2.05, 4.69) is 10.3 Å². The lowest BCUT2D eigenvalue weighted by atomic mass is 9.93. The number of hydrogen-bond acceptors (Lipinski definition) is 3. The zero-order chi connectivity index (χ0) is 20.5. The molecule has 1 aliphatic rings. The standard InChI is InChI=1S/C23H28ClN3O2/c24-21-6-2-1-5-20(21)16-26-22(28)9-7-19-4-3-15-27(17-19)23(29)10-8-18-11-13-25-14-12-18/h1-2,5-6,11-14,19H,3-4,7-10,15-17H2,(H,26,28). The number of carbonyl (C=O) groups excluding carboxylic acids is 2. The first-order chi connectivity index (χ1) is 14.1. The SMILES string of the molecule is O=C(CCC1CCCN(C(=O)CCc2ccncc2)C1)NCc1ccccc1Cl. The first-order valence-corrected chi connectivity index (χ1v) is 10.7. The average molecular weight is 414 g/mol. The van der Waals surface area contributed by atoms with E-state index in [0.717, 1.165) is 49.9 Å². The Morgan fingerprint density at radius 1 is 1.14 bits per heavy atom. The van der Waals surface area contributed by atoms with E-state index in [9.17, 15) is 9.59 Å². The highest BCUT2D eigenvalue weighted by atomic mass is 35.5. The number of hydrogen-bond donors (Lipinski definition) is 1. The molecule has 1 N–H and O–H groups in total. The molecule has 6 heteroatoms. The Bertz CT molecular complexity index is 813. The molecule has 1 aromatic carbocycles. The Kier molecular flexibility index (Phi) is 8.05. The summed E-state index contributed by atoms with van der Waals surface area (Å²) < 4.78 is 0. The Labute approximate surface area is 177 Å². The van der Waals surface area contributed by atoms with Crippen molar-refractivity contribution in [3.8, 4) is 0 Å². The molecule has 3 rings (SSSR count). The molecule has 0 bridgehead atoms. The second kappa shape index (κ2) is 11.0. The molecule has 1 atom stereocenters. The summed E-state index contributed by atoms with van der Waals surface area (Å²) in [6.07, 6.45) is 8.15. The van der Waals surface area contributed by atoms with Crippen molar-refractivity contribution in [3.63, 3.8) is 0 Å². The number of nitrogens with zero attached hydrogens (tertiary/aromatic N) is 2. The molecule has 1 fully saturated rings. The topological polar surface area (TPSA) is 62.3 Å². The van der Waals surface area contributed by atoms with E-state index in [1.165, 1.54) is 0 Å². The number of rotatable bonds is 8. The second-order valence-corrected chi connectivity index (χ2v) is 8.02. The van der Waals surface area contributed by atoms with Crippen LogP contribution in [-0.2, 0) is 22.6 Å². The fourth-order valence-corrected chi connectivity index (χ4v) is 3.95. The van der Waals surface area contributed by atoms with Gasteiger partial charge in [0.05, 0.1) is 0 Å². The van der Waals surface area contributed by atoms with Crippen LogP contribution in [0.4, 0.5) is 0 Å². The Hall–Kier alpha value is -2.40. The number of likely N-dealkylation sites (tertiary alicyclic amines) is 1. The predicted octanol–water partition coefficient (Wildman–Crippen LogP) is 4.00. The molecule has 0 saturated carbocycles. The summed E-state index contributed by atoms with van der Waals surface area (Å²) in [5.74, 6) is 0.625. The molecule has 0 radical (unpaired) electrons. The van der Waals surface area contributed by atoms with Gasteiger partial charge in [-0.2, -0.15) is 0 Å².